The van der Waals surface area contributed by atoms with Gasteiger partial charge < -0.3 is 4.52 Å². The van der Waals surface area contributed by atoms with Gasteiger partial charge in [-0.2, -0.15) is 0 Å². The summed E-state index contributed by atoms with van der Waals surface area (Å²) >= 11 is 1.20. The van der Waals surface area contributed by atoms with E-state index in [-0.39, 0.29) is 9.92 Å². The monoisotopic (exact) mass is 336 g/mol. The Balaban J connectivity index is 1.51. The van der Waals surface area contributed by atoms with Crippen molar-refractivity contribution in [3.63, 3.8) is 0 Å². The number of aryl methyl sites for hydroxylation is 2. The number of piperazine rings is 1. The van der Waals surface area contributed by atoms with Crippen LogP contribution in [0.15, 0.2) is 16.0 Å². The SMILES string of the molecule is Cc1noc(C)c1CN1CCN(Cc2csc([N+](=O)[O-])c2)CC1. The molecular weight excluding hydrogens is 316 g/mol. The fourth-order valence-corrected chi connectivity index (χ4v) is 3.58. The Bertz CT molecular complexity index is 669. The topological polar surface area (TPSA) is 75.7 Å². The van der Waals surface area contributed by atoms with Crippen LogP contribution in [0.4, 0.5) is 5.00 Å². The second-order valence-electron chi connectivity index (χ2n) is 5.91. The summed E-state index contributed by atoms with van der Waals surface area (Å²) in [6.45, 7) is 9.48. The number of hydrogen-bond donors (Lipinski definition) is 0. The Hall–Kier alpha value is -1.77. The average Bonchev–Trinajstić information content (AvgIpc) is 3.11. The maximum atomic E-state index is 10.7. The van der Waals surface area contributed by atoms with Crippen molar-refractivity contribution in [1.29, 1.82) is 0 Å². The lowest BCUT2D eigenvalue weighted by Gasteiger charge is -2.34. The first-order chi connectivity index (χ1) is 11.0. The molecule has 0 unspecified atom stereocenters. The maximum absolute atomic E-state index is 10.7. The zero-order valence-corrected chi connectivity index (χ0v) is 14.1. The molecule has 0 N–H and O–H groups in total. The van der Waals surface area contributed by atoms with Gasteiger partial charge in [-0.05, 0) is 19.4 Å². The van der Waals surface area contributed by atoms with E-state index in [1.165, 1.54) is 16.9 Å². The van der Waals surface area contributed by atoms with Gasteiger partial charge in [0.15, 0.2) is 0 Å². The fourth-order valence-electron chi connectivity index (χ4n) is 2.86. The molecule has 7 nitrogen and oxygen atoms in total. The van der Waals surface area contributed by atoms with E-state index in [1.54, 1.807) is 6.07 Å². The van der Waals surface area contributed by atoms with Gasteiger partial charge in [0, 0.05) is 56.3 Å². The largest absolute Gasteiger partial charge is 0.361 e. The molecule has 8 heteroatoms. The van der Waals surface area contributed by atoms with Gasteiger partial charge in [-0.3, -0.25) is 19.9 Å². The van der Waals surface area contributed by atoms with Crippen molar-refractivity contribution in [2.24, 2.45) is 0 Å². The highest BCUT2D eigenvalue weighted by Gasteiger charge is 2.21. The number of aromatic nitrogens is 1. The molecule has 0 bridgehead atoms. The van der Waals surface area contributed by atoms with E-state index < -0.39 is 0 Å². The average molecular weight is 336 g/mol. The molecule has 3 rings (SSSR count). The van der Waals surface area contributed by atoms with Gasteiger partial charge in [-0.15, -0.1) is 0 Å². The number of nitro groups is 1. The fraction of sp³-hybridized carbons (Fsp3) is 0.533. The molecule has 0 aliphatic carbocycles. The smallest absolute Gasteiger partial charge is 0.324 e. The summed E-state index contributed by atoms with van der Waals surface area (Å²) in [5.41, 5.74) is 3.18. The summed E-state index contributed by atoms with van der Waals surface area (Å²) in [7, 11) is 0. The van der Waals surface area contributed by atoms with Crippen LogP contribution in [0.5, 0.6) is 0 Å². The van der Waals surface area contributed by atoms with Crippen LogP contribution in [0.2, 0.25) is 0 Å². The summed E-state index contributed by atoms with van der Waals surface area (Å²) in [5, 5.41) is 16.8. The van der Waals surface area contributed by atoms with Crippen LogP contribution in [0.3, 0.4) is 0 Å². The van der Waals surface area contributed by atoms with Crippen molar-refractivity contribution >= 4 is 16.3 Å². The summed E-state index contributed by atoms with van der Waals surface area (Å²) in [6, 6.07) is 1.68. The number of rotatable bonds is 5. The molecule has 1 aliphatic heterocycles. The normalized spacial score (nSPS) is 16.8. The van der Waals surface area contributed by atoms with Crippen LogP contribution in [0, 0.1) is 24.0 Å². The molecule has 0 saturated carbocycles. The van der Waals surface area contributed by atoms with E-state index in [2.05, 4.69) is 15.0 Å². The first-order valence-corrected chi connectivity index (χ1v) is 8.49. The van der Waals surface area contributed by atoms with E-state index >= 15 is 0 Å². The van der Waals surface area contributed by atoms with Gasteiger partial charge in [-0.1, -0.05) is 16.5 Å². The van der Waals surface area contributed by atoms with Crippen molar-refractivity contribution in [2.75, 3.05) is 26.2 Å². The Morgan fingerprint density at radius 2 is 1.91 bits per heavy atom. The van der Waals surface area contributed by atoms with Crippen molar-refractivity contribution < 1.29 is 9.45 Å². The van der Waals surface area contributed by atoms with Crippen molar-refractivity contribution in [1.82, 2.24) is 15.0 Å². The Morgan fingerprint density at radius 3 is 2.43 bits per heavy atom. The molecule has 0 aromatic carbocycles. The van der Waals surface area contributed by atoms with Crippen LogP contribution < -0.4 is 0 Å². The summed E-state index contributed by atoms with van der Waals surface area (Å²) < 4.78 is 5.22. The first kappa shape index (κ1) is 16.1. The molecule has 2 aromatic rings. The molecule has 2 aromatic heterocycles. The summed E-state index contributed by atoms with van der Waals surface area (Å²) in [5.74, 6) is 0.899. The lowest BCUT2D eigenvalue weighted by atomic mass is 10.1. The minimum absolute atomic E-state index is 0.219. The van der Waals surface area contributed by atoms with Crippen LogP contribution in [-0.4, -0.2) is 46.1 Å². The highest BCUT2D eigenvalue weighted by Crippen LogP contribution is 2.24. The number of nitrogens with zero attached hydrogens (tertiary/aromatic N) is 4. The van der Waals surface area contributed by atoms with Crippen molar-refractivity contribution in [2.45, 2.75) is 26.9 Å². The lowest BCUT2D eigenvalue weighted by molar-refractivity contribution is -0.380. The third-order valence-electron chi connectivity index (χ3n) is 4.25. The third-order valence-corrected chi connectivity index (χ3v) is 5.18. The standard InChI is InChI=1S/C15H20N4O3S/c1-11-14(12(2)22-16-11)9-18-5-3-17(4-6-18)8-13-7-15(19(20)21)23-10-13/h7,10H,3-6,8-9H2,1-2H3. The van der Waals surface area contributed by atoms with E-state index in [4.69, 9.17) is 4.52 Å². The molecule has 3 heterocycles. The van der Waals surface area contributed by atoms with E-state index in [0.29, 0.717) is 0 Å². The highest BCUT2D eigenvalue weighted by atomic mass is 32.1. The number of thiophene rings is 1. The minimum Gasteiger partial charge on any atom is -0.361 e. The van der Waals surface area contributed by atoms with E-state index in [9.17, 15) is 10.1 Å². The maximum Gasteiger partial charge on any atom is 0.324 e. The molecule has 0 amide bonds. The van der Waals surface area contributed by atoms with Crippen molar-refractivity contribution in [3.8, 4) is 0 Å². The van der Waals surface area contributed by atoms with Crippen molar-refractivity contribution in [3.05, 3.63) is 44.1 Å². The summed E-state index contributed by atoms with van der Waals surface area (Å²) in [6.07, 6.45) is 0. The van der Waals surface area contributed by atoms with Gasteiger partial charge in [0.2, 0.25) is 0 Å². The Kier molecular flexibility index (Phi) is 4.74. The molecule has 1 fully saturated rings. The van der Waals surface area contributed by atoms with Crippen LogP contribution >= 0.6 is 11.3 Å². The van der Waals surface area contributed by atoms with Gasteiger partial charge in [0.05, 0.1) is 10.6 Å². The molecule has 23 heavy (non-hydrogen) atoms. The molecule has 124 valence electrons. The van der Waals surface area contributed by atoms with Gasteiger partial charge >= 0.3 is 5.00 Å². The molecule has 0 atom stereocenters. The predicted octanol–water partition coefficient (Wildman–Crippen LogP) is 2.58. The molecular formula is C15H20N4O3S. The molecule has 0 spiro atoms. The minimum atomic E-state index is -0.324. The van der Waals surface area contributed by atoms with Crippen LogP contribution in [0.25, 0.3) is 0 Å². The lowest BCUT2D eigenvalue weighted by Crippen LogP contribution is -2.45. The van der Waals surface area contributed by atoms with Gasteiger partial charge in [0.25, 0.3) is 0 Å². The first-order valence-electron chi connectivity index (χ1n) is 7.61. The highest BCUT2D eigenvalue weighted by molar-refractivity contribution is 7.13. The zero-order valence-electron chi connectivity index (χ0n) is 13.3. The van der Waals surface area contributed by atoms with E-state index in [1.807, 2.05) is 19.2 Å². The second kappa shape index (κ2) is 6.77. The zero-order chi connectivity index (χ0) is 16.4. The van der Waals surface area contributed by atoms with Crippen LogP contribution in [-0.2, 0) is 13.1 Å². The van der Waals surface area contributed by atoms with Crippen LogP contribution in [0.1, 0.15) is 22.6 Å². The molecule has 1 saturated heterocycles. The Morgan fingerprint density at radius 1 is 1.26 bits per heavy atom. The number of hydrogen-bond acceptors (Lipinski definition) is 7. The molecule has 0 radical (unpaired) electrons. The summed E-state index contributed by atoms with van der Waals surface area (Å²) in [4.78, 5) is 15.2. The predicted molar refractivity (Wildman–Crippen MR) is 87.5 cm³/mol. The van der Waals surface area contributed by atoms with E-state index in [0.717, 1.165) is 56.3 Å². The second-order valence-corrected chi connectivity index (χ2v) is 6.80. The quantitative estimate of drug-likeness (QED) is 0.617. The van der Waals surface area contributed by atoms with Gasteiger partial charge in [0.1, 0.15) is 5.76 Å². The third kappa shape index (κ3) is 3.77. The molecule has 1 aliphatic rings. The Labute approximate surface area is 138 Å². The van der Waals surface area contributed by atoms with Gasteiger partial charge in [-0.25, -0.2) is 0 Å².